The maximum Gasteiger partial charge on any atom is 0.256 e. The van der Waals surface area contributed by atoms with Crippen LogP contribution in [0.2, 0.25) is 5.02 Å². The van der Waals surface area contributed by atoms with Gasteiger partial charge in [-0.05, 0) is 23.8 Å². The first-order valence-corrected chi connectivity index (χ1v) is 6.75. The fourth-order valence-corrected chi connectivity index (χ4v) is 2.16. The summed E-state index contributed by atoms with van der Waals surface area (Å²) < 4.78 is 0. The summed E-state index contributed by atoms with van der Waals surface area (Å²) in [5, 5.41) is 9.26. The smallest absolute Gasteiger partial charge is 0.256 e. The second kappa shape index (κ2) is 6.78. The monoisotopic (exact) mass is 299 g/mol. The Balaban J connectivity index is 2.27. The van der Waals surface area contributed by atoms with Crippen molar-refractivity contribution in [3.8, 4) is 6.07 Å². The van der Waals surface area contributed by atoms with Gasteiger partial charge in [-0.25, -0.2) is 0 Å². The van der Waals surface area contributed by atoms with Gasteiger partial charge in [0.1, 0.15) is 6.54 Å². The van der Waals surface area contributed by atoms with Gasteiger partial charge in [0, 0.05) is 12.2 Å². The molecule has 0 fully saturated rings. The fraction of sp³-hybridized carbons (Fsp3) is 0.125. The number of nitrogens with two attached hydrogens (primary N) is 1. The minimum atomic E-state index is -0.308. The standard InChI is InChI=1S/C16H14ClN3O/c17-15-7-6-13(19)10-14(15)16(21)20(9-8-18)11-12-4-2-1-3-5-12/h1-7,10H,9,11,19H2. The third-order valence-corrected chi connectivity index (χ3v) is 3.32. The molecule has 0 saturated carbocycles. The Labute approximate surface area is 128 Å². The Morgan fingerprint density at radius 2 is 1.95 bits per heavy atom. The molecule has 0 saturated heterocycles. The van der Waals surface area contributed by atoms with Gasteiger partial charge in [0.15, 0.2) is 0 Å². The lowest BCUT2D eigenvalue weighted by Crippen LogP contribution is -2.31. The van der Waals surface area contributed by atoms with Gasteiger partial charge >= 0.3 is 0 Å². The highest BCUT2D eigenvalue weighted by molar-refractivity contribution is 6.34. The van der Waals surface area contributed by atoms with Crippen molar-refractivity contribution >= 4 is 23.2 Å². The highest BCUT2D eigenvalue weighted by atomic mass is 35.5. The van der Waals surface area contributed by atoms with Crippen LogP contribution in [0.4, 0.5) is 5.69 Å². The van der Waals surface area contributed by atoms with Crippen molar-refractivity contribution in [2.45, 2.75) is 6.54 Å². The molecule has 0 radical (unpaired) electrons. The van der Waals surface area contributed by atoms with Crippen LogP contribution in [0.5, 0.6) is 0 Å². The zero-order chi connectivity index (χ0) is 15.2. The minimum absolute atomic E-state index is 0.0150. The average Bonchev–Trinajstić information content (AvgIpc) is 2.49. The normalized spacial score (nSPS) is 9.90. The van der Waals surface area contributed by atoms with E-state index in [4.69, 9.17) is 22.6 Å². The molecule has 0 heterocycles. The molecule has 0 aliphatic carbocycles. The molecule has 0 bridgehead atoms. The van der Waals surface area contributed by atoms with Crippen LogP contribution in [0.25, 0.3) is 0 Å². The van der Waals surface area contributed by atoms with Crippen LogP contribution >= 0.6 is 11.6 Å². The van der Waals surface area contributed by atoms with Gasteiger partial charge in [-0.2, -0.15) is 5.26 Å². The van der Waals surface area contributed by atoms with Gasteiger partial charge in [0.2, 0.25) is 0 Å². The number of benzene rings is 2. The minimum Gasteiger partial charge on any atom is -0.399 e. The molecule has 2 aromatic rings. The molecular weight excluding hydrogens is 286 g/mol. The van der Waals surface area contributed by atoms with E-state index in [-0.39, 0.29) is 12.5 Å². The second-order valence-electron chi connectivity index (χ2n) is 4.54. The Kier molecular flexibility index (Phi) is 4.81. The van der Waals surface area contributed by atoms with Crippen LogP contribution in [-0.2, 0) is 6.54 Å². The van der Waals surface area contributed by atoms with Crippen molar-refractivity contribution in [3.05, 3.63) is 64.7 Å². The zero-order valence-electron chi connectivity index (χ0n) is 11.3. The molecule has 2 rings (SSSR count). The molecule has 1 amide bonds. The SMILES string of the molecule is N#CCN(Cc1ccccc1)C(=O)c1cc(N)ccc1Cl. The molecule has 0 aliphatic heterocycles. The van der Waals surface area contributed by atoms with Crippen molar-refractivity contribution in [2.24, 2.45) is 0 Å². The molecule has 0 aliphatic rings. The summed E-state index contributed by atoms with van der Waals surface area (Å²) in [4.78, 5) is 14.0. The number of rotatable bonds is 4. The quantitative estimate of drug-likeness (QED) is 0.696. The lowest BCUT2D eigenvalue weighted by atomic mass is 10.1. The largest absolute Gasteiger partial charge is 0.399 e. The predicted octanol–water partition coefficient (Wildman–Crippen LogP) is 3.09. The van der Waals surface area contributed by atoms with Gasteiger partial charge < -0.3 is 10.6 Å². The molecule has 2 aromatic carbocycles. The van der Waals surface area contributed by atoms with Crippen molar-refractivity contribution in [3.63, 3.8) is 0 Å². The number of nitrogens with zero attached hydrogens (tertiary/aromatic N) is 2. The molecular formula is C16H14ClN3O. The number of hydrogen-bond acceptors (Lipinski definition) is 3. The Morgan fingerprint density at radius 3 is 2.62 bits per heavy atom. The number of anilines is 1. The summed E-state index contributed by atoms with van der Waals surface area (Å²) in [6.07, 6.45) is 0. The molecule has 2 N–H and O–H groups in total. The summed E-state index contributed by atoms with van der Waals surface area (Å²) in [6.45, 7) is 0.331. The van der Waals surface area contributed by atoms with Crippen LogP contribution in [0, 0.1) is 11.3 Å². The molecule has 21 heavy (non-hydrogen) atoms. The lowest BCUT2D eigenvalue weighted by molar-refractivity contribution is 0.0765. The number of nitriles is 1. The van der Waals surface area contributed by atoms with Crippen LogP contribution in [0.3, 0.4) is 0 Å². The van der Waals surface area contributed by atoms with E-state index in [0.29, 0.717) is 22.8 Å². The lowest BCUT2D eigenvalue weighted by Gasteiger charge is -2.20. The van der Waals surface area contributed by atoms with Crippen LogP contribution in [0.15, 0.2) is 48.5 Å². The van der Waals surface area contributed by atoms with Gasteiger partial charge in [-0.1, -0.05) is 41.9 Å². The van der Waals surface area contributed by atoms with Crippen LogP contribution in [-0.4, -0.2) is 17.4 Å². The Morgan fingerprint density at radius 1 is 1.24 bits per heavy atom. The highest BCUT2D eigenvalue weighted by Crippen LogP contribution is 2.21. The zero-order valence-corrected chi connectivity index (χ0v) is 12.0. The predicted molar refractivity (Wildman–Crippen MR) is 82.7 cm³/mol. The third kappa shape index (κ3) is 3.74. The van der Waals surface area contributed by atoms with E-state index in [0.717, 1.165) is 5.56 Å². The molecule has 4 nitrogen and oxygen atoms in total. The molecule has 0 atom stereocenters. The number of carbonyl (C=O) groups excluding carboxylic acids is 1. The van der Waals surface area contributed by atoms with E-state index >= 15 is 0 Å². The molecule has 0 spiro atoms. The highest BCUT2D eigenvalue weighted by Gasteiger charge is 2.18. The van der Waals surface area contributed by atoms with Crippen molar-refractivity contribution < 1.29 is 4.79 Å². The number of halogens is 1. The number of amides is 1. The first-order valence-electron chi connectivity index (χ1n) is 6.37. The van der Waals surface area contributed by atoms with E-state index in [9.17, 15) is 4.79 Å². The van der Waals surface area contributed by atoms with Crippen LogP contribution < -0.4 is 5.73 Å². The topological polar surface area (TPSA) is 70.1 Å². The molecule has 0 unspecified atom stereocenters. The Hall–Kier alpha value is -2.51. The summed E-state index contributed by atoms with van der Waals surface area (Å²) in [5.41, 5.74) is 7.41. The summed E-state index contributed by atoms with van der Waals surface area (Å²) in [5.74, 6) is -0.308. The number of nitrogen functional groups attached to an aromatic ring is 1. The van der Waals surface area contributed by atoms with Gasteiger partial charge in [0.05, 0.1) is 16.7 Å². The third-order valence-electron chi connectivity index (χ3n) is 2.99. The van der Waals surface area contributed by atoms with Gasteiger partial charge in [-0.3, -0.25) is 4.79 Å². The summed E-state index contributed by atoms with van der Waals surface area (Å²) in [7, 11) is 0. The van der Waals surface area contributed by atoms with E-state index in [1.165, 1.54) is 11.0 Å². The fourth-order valence-electron chi connectivity index (χ4n) is 1.97. The van der Waals surface area contributed by atoms with Gasteiger partial charge in [0.25, 0.3) is 5.91 Å². The average molecular weight is 300 g/mol. The second-order valence-corrected chi connectivity index (χ2v) is 4.95. The first-order chi connectivity index (χ1) is 10.1. The Bertz CT molecular complexity index is 680. The van der Waals surface area contributed by atoms with Crippen LogP contribution in [0.1, 0.15) is 15.9 Å². The van der Waals surface area contributed by atoms with Crippen molar-refractivity contribution in [2.75, 3.05) is 12.3 Å². The van der Waals surface area contributed by atoms with E-state index in [1.54, 1.807) is 12.1 Å². The maximum atomic E-state index is 12.5. The number of carbonyl (C=O) groups is 1. The molecule has 106 valence electrons. The summed E-state index contributed by atoms with van der Waals surface area (Å²) in [6, 6.07) is 16.2. The van der Waals surface area contributed by atoms with E-state index in [2.05, 4.69) is 0 Å². The first kappa shape index (κ1) is 14.9. The maximum absolute atomic E-state index is 12.5. The van der Waals surface area contributed by atoms with Crippen molar-refractivity contribution in [1.82, 2.24) is 4.90 Å². The molecule has 0 aromatic heterocycles. The number of hydrogen-bond donors (Lipinski definition) is 1. The van der Waals surface area contributed by atoms with Gasteiger partial charge in [-0.15, -0.1) is 0 Å². The van der Waals surface area contributed by atoms with E-state index < -0.39 is 0 Å². The van der Waals surface area contributed by atoms with E-state index in [1.807, 2.05) is 36.4 Å². The van der Waals surface area contributed by atoms with Crippen molar-refractivity contribution in [1.29, 1.82) is 5.26 Å². The summed E-state index contributed by atoms with van der Waals surface area (Å²) >= 11 is 6.05. The molecule has 5 heteroatoms.